The molecule has 0 unspecified atom stereocenters. The first-order valence-electron chi connectivity index (χ1n) is 5.94. The van der Waals surface area contributed by atoms with Crippen LogP contribution >= 0.6 is 0 Å². The van der Waals surface area contributed by atoms with E-state index in [0.717, 1.165) is 11.1 Å². The smallest absolute Gasteiger partial charge is 0.356 e. The molecular weight excluding hydrogens is 260 g/mol. The molecule has 0 aliphatic rings. The van der Waals surface area contributed by atoms with Crippen LogP contribution in [0.2, 0.25) is 0 Å². The lowest BCUT2D eigenvalue weighted by Crippen LogP contribution is -2.11. The van der Waals surface area contributed by atoms with Crippen molar-refractivity contribution in [1.82, 2.24) is 19.3 Å². The summed E-state index contributed by atoms with van der Waals surface area (Å²) in [5.74, 6) is -1.07. The highest BCUT2D eigenvalue weighted by Crippen LogP contribution is 2.23. The van der Waals surface area contributed by atoms with Gasteiger partial charge in [-0.15, -0.1) is 0 Å². The molecule has 0 fully saturated rings. The zero-order chi connectivity index (χ0) is 14.4. The molecule has 0 saturated heterocycles. The number of H-pyrrole nitrogens is 1. The Morgan fingerprint density at radius 3 is 2.70 bits per heavy atom. The first kappa shape index (κ1) is 12.2. The highest BCUT2D eigenvalue weighted by atomic mass is 16.4. The molecule has 0 amide bonds. The zero-order valence-electron chi connectivity index (χ0n) is 10.9. The maximum absolute atomic E-state index is 11.6. The molecule has 2 aromatic heterocycles. The van der Waals surface area contributed by atoms with Crippen LogP contribution in [0.1, 0.15) is 10.5 Å². The Morgan fingerprint density at radius 2 is 2.05 bits per heavy atom. The molecule has 20 heavy (non-hydrogen) atoms. The van der Waals surface area contributed by atoms with Gasteiger partial charge in [-0.05, 0) is 18.2 Å². The summed E-state index contributed by atoms with van der Waals surface area (Å²) in [4.78, 5) is 25.2. The second kappa shape index (κ2) is 4.09. The molecule has 0 aliphatic carbocycles. The molecule has 0 spiro atoms. The predicted octanol–water partition coefficient (Wildman–Crippen LogP) is 0.965. The first-order chi connectivity index (χ1) is 9.47. The summed E-state index contributed by atoms with van der Waals surface area (Å²) in [6.07, 6.45) is 0. The minimum absolute atomic E-state index is 0.0100. The van der Waals surface area contributed by atoms with Gasteiger partial charge in [0.15, 0.2) is 5.69 Å². The van der Waals surface area contributed by atoms with E-state index in [2.05, 4.69) is 10.1 Å². The lowest BCUT2D eigenvalue weighted by atomic mass is 10.1. The summed E-state index contributed by atoms with van der Waals surface area (Å²) in [5, 5.41) is 12.9. The highest BCUT2D eigenvalue weighted by Gasteiger charge is 2.13. The number of carbonyl (C=O) groups is 1. The number of carboxylic acid groups (broad SMARTS) is 1. The number of nitrogens with one attached hydrogen (secondary N) is 1. The number of aryl methyl sites for hydroxylation is 2. The Labute approximate surface area is 113 Å². The summed E-state index contributed by atoms with van der Waals surface area (Å²) < 4.78 is 3.02. The Bertz CT molecular complexity index is 885. The van der Waals surface area contributed by atoms with Crippen molar-refractivity contribution in [3.05, 3.63) is 40.4 Å². The molecule has 2 heterocycles. The van der Waals surface area contributed by atoms with E-state index in [4.69, 9.17) is 5.11 Å². The average Bonchev–Trinajstić information content (AvgIpc) is 2.91. The first-order valence-corrected chi connectivity index (χ1v) is 5.94. The van der Waals surface area contributed by atoms with Gasteiger partial charge < -0.3 is 10.1 Å². The van der Waals surface area contributed by atoms with Crippen molar-refractivity contribution in [3.8, 4) is 11.3 Å². The molecule has 0 bridgehead atoms. The quantitative estimate of drug-likeness (QED) is 0.726. The largest absolute Gasteiger partial charge is 0.476 e. The van der Waals surface area contributed by atoms with Gasteiger partial charge in [-0.1, -0.05) is 6.07 Å². The van der Waals surface area contributed by atoms with Crippen LogP contribution in [0.15, 0.2) is 29.1 Å². The lowest BCUT2D eigenvalue weighted by Gasteiger charge is -2.02. The molecule has 0 atom stereocenters. The van der Waals surface area contributed by atoms with Gasteiger partial charge in [0.25, 0.3) is 0 Å². The Balaban J connectivity index is 2.19. The maximum Gasteiger partial charge on any atom is 0.356 e. The predicted molar refractivity (Wildman–Crippen MR) is 72.7 cm³/mol. The van der Waals surface area contributed by atoms with Crippen molar-refractivity contribution in [1.29, 1.82) is 0 Å². The van der Waals surface area contributed by atoms with E-state index in [0.29, 0.717) is 11.2 Å². The van der Waals surface area contributed by atoms with Crippen LogP contribution in [0.3, 0.4) is 0 Å². The third-order valence-electron chi connectivity index (χ3n) is 3.30. The molecule has 102 valence electrons. The fourth-order valence-corrected chi connectivity index (χ4v) is 2.24. The molecule has 2 N–H and O–H groups in total. The fraction of sp³-hybridized carbons (Fsp3) is 0.154. The fourth-order valence-electron chi connectivity index (χ4n) is 2.24. The molecule has 3 aromatic rings. The SMILES string of the molecule is Cn1nc(C(=O)O)cc1-c1ccc2c(c1)[nH]c(=O)n2C. The molecular formula is C13H12N4O3. The van der Waals surface area contributed by atoms with E-state index >= 15 is 0 Å². The van der Waals surface area contributed by atoms with Crippen molar-refractivity contribution in [2.75, 3.05) is 0 Å². The molecule has 0 saturated carbocycles. The van der Waals surface area contributed by atoms with Gasteiger partial charge in [-0.25, -0.2) is 9.59 Å². The van der Waals surface area contributed by atoms with Gasteiger partial charge in [-0.3, -0.25) is 9.25 Å². The van der Waals surface area contributed by atoms with Crippen molar-refractivity contribution >= 4 is 17.0 Å². The molecule has 3 rings (SSSR count). The number of carboxylic acids is 1. The van der Waals surface area contributed by atoms with Crippen LogP contribution in [0.4, 0.5) is 0 Å². The number of aromatic amines is 1. The normalized spacial score (nSPS) is 11.1. The third kappa shape index (κ3) is 1.71. The van der Waals surface area contributed by atoms with Crippen LogP contribution in [-0.4, -0.2) is 30.4 Å². The minimum Gasteiger partial charge on any atom is -0.476 e. The van der Waals surface area contributed by atoms with Crippen molar-refractivity contribution in [2.24, 2.45) is 14.1 Å². The molecule has 1 aromatic carbocycles. The second-order valence-corrected chi connectivity index (χ2v) is 4.56. The standard InChI is InChI=1S/C13H12N4O3/c1-16-10-4-3-7(5-8(10)14-13(16)20)11-6-9(12(18)19)15-17(11)2/h3-6H,1-2H3,(H,14,20)(H,18,19). The van der Waals surface area contributed by atoms with E-state index in [9.17, 15) is 9.59 Å². The molecule has 0 aliphatic heterocycles. The van der Waals surface area contributed by atoms with Crippen molar-refractivity contribution in [2.45, 2.75) is 0 Å². The summed E-state index contributed by atoms with van der Waals surface area (Å²) in [7, 11) is 3.37. The molecule has 7 heteroatoms. The number of fused-ring (bicyclic) bond motifs is 1. The summed E-state index contributed by atoms with van der Waals surface area (Å²) in [6, 6.07) is 6.96. The van der Waals surface area contributed by atoms with Crippen LogP contribution in [0.5, 0.6) is 0 Å². The Morgan fingerprint density at radius 1 is 1.30 bits per heavy atom. The van der Waals surface area contributed by atoms with Crippen molar-refractivity contribution in [3.63, 3.8) is 0 Å². The number of rotatable bonds is 2. The van der Waals surface area contributed by atoms with Crippen LogP contribution in [-0.2, 0) is 14.1 Å². The number of benzene rings is 1. The lowest BCUT2D eigenvalue weighted by molar-refractivity contribution is 0.0689. The summed E-state index contributed by atoms with van der Waals surface area (Å²) in [5.41, 5.74) is 2.76. The highest BCUT2D eigenvalue weighted by molar-refractivity contribution is 5.88. The van der Waals surface area contributed by atoms with E-state index in [1.807, 2.05) is 12.1 Å². The van der Waals surface area contributed by atoms with E-state index in [-0.39, 0.29) is 11.4 Å². The van der Waals surface area contributed by atoms with Gasteiger partial charge in [0, 0.05) is 19.7 Å². The topological polar surface area (TPSA) is 92.9 Å². The third-order valence-corrected chi connectivity index (χ3v) is 3.30. The number of imidazole rings is 1. The van der Waals surface area contributed by atoms with E-state index < -0.39 is 5.97 Å². The number of aromatic nitrogens is 4. The second-order valence-electron chi connectivity index (χ2n) is 4.56. The monoisotopic (exact) mass is 272 g/mol. The van der Waals surface area contributed by atoms with Crippen LogP contribution < -0.4 is 5.69 Å². The van der Waals surface area contributed by atoms with Crippen molar-refractivity contribution < 1.29 is 9.90 Å². The number of nitrogens with zero attached hydrogens (tertiary/aromatic N) is 3. The van der Waals surface area contributed by atoms with Gasteiger partial charge in [0.1, 0.15) is 0 Å². The van der Waals surface area contributed by atoms with E-state index in [1.165, 1.54) is 15.3 Å². The maximum atomic E-state index is 11.6. The number of aromatic carboxylic acids is 1. The average molecular weight is 272 g/mol. The zero-order valence-corrected chi connectivity index (χ0v) is 10.9. The molecule has 0 radical (unpaired) electrons. The Kier molecular flexibility index (Phi) is 2.50. The van der Waals surface area contributed by atoms with Gasteiger partial charge in [0.05, 0.1) is 16.7 Å². The van der Waals surface area contributed by atoms with Gasteiger partial charge in [0.2, 0.25) is 0 Å². The Hall–Kier alpha value is -2.83. The van der Waals surface area contributed by atoms with Crippen LogP contribution in [0.25, 0.3) is 22.3 Å². The van der Waals surface area contributed by atoms with Gasteiger partial charge >= 0.3 is 11.7 Å². The minimum atomic E-state index is -1.07. The number of hydrogen-bond donors (Lipinski definition) is 2. The summed E-state index contributed by atoms with van der Waals surface area (Å²) in [6.45, 7) is 0. The van der Waals surface area contributed by atoms with Crippen LogP contribution in [0, 0.1) is 0 Å². The molecule has 7 nitrogen and oxygen atoms in total. The van der Waals surface area contributed by atoms with Gasteiger partial charge in [-0.2, -0.15) is 5.10 Å². The number of hydrogen-bond acceptors (Lipinski definition) is 3. The summed E-state index contributed by atoms with van der Waals surface area (Å²) >= 11 is 0. The van der Waals surface area contributed by atoms with E-state index in [1.54, 1.807) is 20.2 Å².